The normalized spacial score (nSPS) is 18.7. The SMILES string of the molecule is CC[C@@H](NC(=O)c1cccc(S(=O)(=O)N2CCC(C)CC2)c1)c1ccc2c(c1)CCCC2. The van der Waals surface area contributed by atoms with E-state index in [4.69, 9.17) is 0 Å². The van der Waals surface area contributed by atoms with E-state index in [1.54, 1.807) is 22.5 Å². The molecule has 2 aromatic rings. The largest absolute Gasteiger partial charge is 0.345 e. The van der Waals surface area contributed by atoms with Crippen LogP contribution in [0.3, 0.4) is 0 Å². The molecule has 0 radical (unpaired) electrons. The Bertz CT molecular complexity index is 1070. The van der Waals surface area contributed by atoms with E-state index in [1.165, 1.54) is 30.0 Å². The Hall–Kier alpha value is -2.18. The summed E-state index contributed by atoms with van der Waals surface area (Å²) in [6.45, 7) is 5.29. The molecule has 0 bridgehead atoms. The first-order valence-corrected chi connectivity index (χ1v) is 13.3. The highest BCUT2D eigenvalue weighted by Gasteiger charge is 2.28. The first-order valence-electron chi connectivity index (χ1n) is 11.9. The number of rotatable bonds is 6. The summed E-state index contributed by atoms with van der Waals surface area (Å²) >= 11 is 0. The maximum Gasteiger partial charge on any atom is 0.251 e. The maximum atomic E-state index is 13.1. The molecule has 1 N–H and O–H groups in total. The lowest BCUT2D eigenvalue weighted by molar-refractivity contribution is 0.0935. The molecular weight excluding hydrogens is 420 g/mol. The molecule has 1 saturated heterocycles. The van der Waals surface area contributed by atoms with Crippen LogP contribution in [0.4, 0.5) is 0 Å². The zero-order valence-electron chi connectivity index (χ0n) is 19.1. The maximum absolute atomic E-state index is 13.1. The molecule has 1 atom stereocenters. The van der Waals surface area contributed by atoms with Crippen molar-refractivity contribution < 1.29 is 13.2 Å². The van der Waals surface area contributed by atoms with E-state index in [-0.39, 0.29) is 16.8 Å². The molecule has 2 aromatic carbocycles. The first-order chi connectivity index (χ1) is 15.4. The minimum Gasteiger partial charge on any atom is -0.345 e. The molecular formula is C26H34N2O3S. The van der Waals surface area contributed by atoms with Crippen LogP contribution >= 0.6 is 0 Å². The Balaban J connectivity index is 1.51. The molecule has 32 heavy (non-hydrogen) atoms. The van der Waals surface area contributed by atoms with Gasteiger partial charge in [-0.2, -0.15) is 4.31 Å². The van der Waals surface area contributed by atoms with Gasteiger partial charge in [-0.15, -0.1) is 0 Å². The van der Waals surface area contributed by atoms with E-state index in [1.807, 2.05) is 0 Å². The van der Waals surface area contributed by atoms with E-state index in [2.05, 4.69) is 37.4 Å². The number of sulfonamides is 1. The van der Waals surface area contributed by atoms with Gasteiger partial charge in [-0.3, -0.25) is 4.79 Å². The molecule has 6 heteroatoms. The topological polar surface area (TPSA) is 66.5 Å². The van der Waals surface area contributed by atoms with E-state index in [9.17, 15) is 13.2 Å². The van der Waals surface area contributed by atoms with Crippen molar-refractivity contribution in [1.29, 1.82) is 0 Å². The molecule has 1 aliphatic heterocycles. The van der Waals surface area contributed by atoms with Gasteiger partial charge < -0.3 is 5.32 Å². The van der Waals surface area contributed by atoms with Gasteiger partial charge >= 0.3 is 0 Å². The fourth-order valence-electron chi connectivity index (χ4n) is 4.80. The van der Waals surface area contributed by atoms with Crippen molar-refractivity contribution in [2.75, 3.05) is 13.1 Å². The summed E-state index contributed by atoms with van der Waals surface area (Å²) in [4.78, 5) is 13.3. The monoisotopic (exact) mass is 454 g/mol. The summed E-state index contributed by atoms with van der Waals surface area (Å²) in [6.07, 6.45) is 7.22. The van der Waals surface area contributed by atoms with E-state index < -0.39 is 10.0 Å². The standard InChI is InChI=1S/C26H34N2O3S/c1-3-25(22-12-11-20-7-4-5-8-21(20)17-22)27-26(29)23-9-6-10-24(18-23)32(30,31)28-15-13-19(2)14-16-28/h6,9-12,17-19,25H,3-5,7-8,13-16H2,1-2H3,(H,27,29)/t25-/m1/s1. The van der Waals surface area contributed by atoms with E-state index >= 15 is 0 Å². The van der Waals surface area contributed by atoms with Gasteiger partial charge in [0.15, 0.2) is 0 Å². The van der Waals surface area contributed by atoms with Crippen molar-refractivity contribution in [3.63, 3.8) is 0 Å². The molecule has 1 heterocycles. The van der Waals surface area contributed by atoms with Crippen LogP contribution in [0.5, 0.6) is 0 Å². The number of hydrogen-bond donors (Lipinski definition) is 1. The number of benzene rings is 2. The summed E-state index contributed by atoms with van der Waals surface area (Å²) in [5.41, 5.74) is 4.32. The number of amides is 1. The van der Waals surface area contributed by atoms with Gasteiger partial charge in [0.05, 0.1) is 10.9 Å². The third-order valence-corrected chi connectivity index (χ3v) is 8.86. The minimum absolute atomic E-state index is 0.0985. The molecule has 172 valence electrons. The number of hydrogen-bond acceptors (Lipinski definition) is 3. The second kappa shape index (κ2) is 9.75. The highest BCUT2D eigenvalue weighted by Crippen LogP contribution is 2.27. The number of fused-ring (bicyclic) bond motifs is 1. The molecule has 1 fully saturated rings. The summed E-state index contributed by atoms with van der Waals surface area (Å²) in [5, 5.41) is 3.12. The van der Waals surface area contributed by atoms with Crippen LogP contribution in [0, 0.1) is 5.92 Å². The van der Waals surface area contributed by atoms with Gasteiger partial charge in [0.2, 0.25) is 10.0 Å². The Labute approximate surface area is 192 Å². The summed E-state index contributed by atoms with van der Waals surface area (Å²) in [7, 11) is -3.58. The Morgan fingerprint density at radius 2 is 1.78 bits per heavy atom. The molecule has 5 nitrogen and oxygen atoms in total. The first kappa shape index (κ1) is 23.0. The van der Waals surface area contributed by atoms with Crippen molar-refractivity contribution in [2.24, 2.45) is 5.92 Å². The molecule has 2 aliphatic rings. The summed E-state index contributed by atoms with van der Waals surface area (Å²) in [5.74, 6) is 0.312. The zero-order chi connectivity index (χ0) is 22.7. The van der Waals surface area contributed by atoms with Gasteiger partial charge in [-0.05, 0) is 85.8 Å². The van der Waals surface area contributed by atoms with Gasteiger partial charge in [0.25, 0.3) is 5.91 Å². The predicted molar refractivity (Wildman–Crippen MR) is 127 cm³/mol. The number of nitrogens with one attached hydrogen (secondary N) is 1. The molecule has 1 amide bonds. The third-order valence-electron chi connectivity index (χ3n) is 6.97. The number of piperidine rings is 1. The molecule has 1 aliphatic carbocycles. The predicted octanol–water partition coefficient (Wildman–Crippen LogP) is 4.87. The molecule has 4 rings (SSSR count). The Morgan fingerprint density at radius 1 is 1.06 bits per heavy atom. The summed E-state index contributed by atoms with van der Waals surface area (Å²) < 4.78 is 27.7. The fourth-order valence-corrected chi connectivity index (χ4v) is 6.32. The van der Waals surface area contributed by atoms with Crippen LogP contribution < -0.4 is 5.32 Å². The van der Waals surface area contributed by atoms with Gasteiger partial charge in [-0.25, -0.2) is 8.42 Å². The second-order valence-corrected chi connectivity index (χ2v) is 11.2. The molecule has 0 aromatic heterocycles. The van der Waals surface area contributed by atoms with Crippen LogP contribution in [0.1, 0.15) is 79.0 Å². The van der Waals surface area contributed by atoms with Crippen LogP contribution in [-0.2, 0) is 22.9 Å². The van der Waals surface area contributed by atoms with Crippen molar-refractivity contribution in [1.82, 2.24) is 9.62 Å². The Kier molecular flexibility index (Phi) is 7.01. The third kappa shape index (κ3) is 4.91. The lowest BCUT2D eigenvalue weighted by Gasteiger charge is -2.29. The number of carbonyl (C=O) groups excluding carboxylic acids is 1. The quantitative estimate of drug-likeness (QED) is 0.677. The average Bonchev–Trinajstić information content (AvgIpc) is 2.82. The highest BCUT2D eigenvalue weighted by atomic mass is 32.2. The smallest absolute Gasteiger partial charge is 0.251 e. The lowest BCUT2D eigenvalue weighted by atomic mass is 9.88. The average molecular weight is 455 g/mol. The fraction of sp³-hybridized carbons (Fsp3) is 0.500. The van der Waals surface area contributed by atoms with Gasteiger partial charge in [-0.1, -0.05) is 38.1 Å². The van der Waals surface area contributed by atoms with Crippen molar-refractivity contribution in [3.8, 4) is 0 Å². The van der Waals surface area contributed by atoms with Crippen LogP contribution in [0.15, 0.2) is 47.4 Å². The van der Waals surface area contributed by atoms with Crippen LogP contribution in [0.2, 0.25) is 0 Å². The van der Waals surface area contributed by atoms with Crippen molar-refractivity contribution in [3.05, 3.63) is 64.7 Å². The lowest BCUT2D eigenvalue weighted by Crippen LogP contribution is -2.38. The molecule has 0 unspecified atom stereocenters. The Morgan fingerprint density at radius 3 is 2.50 bits per heavy atom. The van der Waals surface area contributed by atoms with Gasteiger partial charge in [0.1, 0.15) is 0 Å². The van der Waals surface area contributed by atoms with Crippen molar-refractivity contribution >= 4 is 15.9 Å². The number of aryl methyl sites for hydroxylation is 2. The molecule has 0 saturated carbocycles. The summed E-state index contributed by atoms with van der Waals surface area (Å²) in [6, 6.07) is 12.9. The van der Waals surface area contributed by atoms with E-state index in [0.717, 1.165) is 37.7 Å². The van der Waals surface area contributed by atoms with Gasteiger partial charge in [0, 0.05) is 18.7 Å². The van der Waals surface area contributed by atoms with Crippen LogP contribution in [-0.4, -0.2) is 31.7 Å². The minimum atomic E-state index is -3.58. The van der Waals surface area contributed by atoms with Crippen molar-refractivity contribution in [2.45, 2.75) is 69.7 Å². The molecule has 0 spiro atoms. The zero-order valence-corrected chi connectivity index (χ0v) is 20.0. The van der Waals surface area contributed by atoms with Crippen LogP contribution in [0.25, 0.3) is 0 Å². The number of carbonyl (C=O) groups is 1. The van der Waals surface area contributed by atoms with E-state index in [0.29, 0.717) is 24.6 Å². The number of nitrogens with zero attached hydrogens (tertiary/aromatic N) is 1. The highest BCUT2D eigenvalue weighted by molar-refractivity contribution is 7.89. The second-order valence-electron chi connectivity index (χ2n) is 9.28.